The molecule has 2 atom stereocenters. The molecule has 0 aliphatic carbocycles. The topological polar surface area (TPSA) is 92.9 Å². The van der Waals surface area contributed by atoms with Crippen LogP contribution in [0.15, 0.2) is 0 Å². The standard InChI is InChI=1S/C12H22N2O4/c1-3-12(11(16)17)6-4-7-14(12)10(15)9(13)5-8-18-2/h9H,3-8,13H2,1-2H3,(H,16,17). The summed E-state index contributed by atoms with van der Waals surface area (Å²) in [5.74, 6) is -1.22. The van der Waals surface area contributed by atoms with Crippen LogP contribution in [0.5, 0.6) is 0 Å². The van der Waals surface area contributed by atoms with E-state index in [1.54, 1.807) is 14.0 Å². The summed E-state index contributed by atoms with van der Waals surface area (Å²) in [5, 5.41) is 9.38. The smallest absolute Gasteiger partial charge is 0.329 e. The maximum Gasteiger partial charge on any atom is 0.329 e. The fourth-order valence-electron chi connectivity index (χ4n) is 2.51. The van der Waals surface area contributed by atoms with E-state index in [1.807, 2.05) is 0 Å². The van der Waals surface area contributed by atoms with Crippen molar-refractivity contribution < 1.29 is 19.4 Å². The number of carboxylic acid groups (broad SMARTS) is 1. The molecule has 0 radical (unpaired) electrons. The van der Waals surface area contributed by atoms with Crippen LogP contribution in [0.3, 0.4) is 0 Å². The maximum absolute atomic E-state index is 12.2. The molecule has 104 valence electrons. The predicted molar refractivity (Wildman–Crippen MR) is 66.1 cm³/mol. The molecule has 1 fully saturated rings. The van der Waals surface area contributed by atoms with Crippen molar-refractivity contribution in [1.82, 2.24) is 4.90 Å². The SMILES string of the molecule is CCC1(C(=O)O)CCCN1C(=O)C(N)CCOC. The molecular formula is C12H22N2O4. The molecule has 0 bridgehead atoms. The van der Waals surface area contributed by atoms with Crippen molar-refractivity contribution in [2.75, 3.05) is 20.3 Å². The van der Waals surface area contributed by atoms with Crippen molar-refractivity contribution in [3.05, 3.63) is 0 Å². The third kappa shape index (κ3) is 2.64. The van der Waals surface area contributed by atoms with Gasteiger partial charge in [0.15, 0.2) is 0 Å². The van der Waals surface area contributed by atoms with E-state index in [-0.39, 0.29) is 5.91 Å². The zero-order chi connectivity index (χ0) is 13.8. The molecule has 6 heteroatoms. The van der Waals surface area contributed by atoms with Gasteiger partial charge < -0.3 is 20.5 Å². The summed E-state index contributed by atoms with van der Waals surface area (Å²) < 4.78 is 4.88. The zero-order valence-corrected chi connectivity index (χ0v) is 11.0. The number of rotatable bonds is 6. The van der Waals surface area contributed by atoms with E-state index in [4.69, 9.17) is 10.5 Å². The van der Waals surface area contributed by atoms with Crippen LogP contribution in [-0.4, -0.2) is 53.7 Å². The number of hydrogen-bond donors (Lipinski definition) is 2. The van der Waals surface area contributed by atoms with E-state index in [0.717, 1.165) is 0 Å². The average Bonchev–Trinajstić information content (AvgIpc) is 2.79. The van der Waals surface area contributed by atoms with Crippen molar-refractivity contribution in [3.8, 4) is 0 Å². The highest BCUT2D eigenvalue weighted by Gasteiger charge is 2.49. The molecule has 0 aromatic rings. The van der Waals surface area contributed by atoms with Crippen LogP contribution in [-0.2, 0) is 14.3 Å². The van der Waals surface area contributed by atoms with Gasteiger partial charge in [0.25, 0.3) is 0 Å². The first-order chi connectivity index (χ1) is 8.49. The maximum atomic E-state index is 12.2. The fourth-order valence-corrected chi connectivity index (χ4v) is 2.51. The number of carbonyl (C=O) groups is 2. The molecule has 1 saturated heterocycles. The summed E-state index contributed by atoms with van der Waals surface area (Å²) >= 11 is 0. The van der Waals surface area contributed by atoms with Gasteiger partial charge in [-0.3, -0.25) is 4.79 Å². The van der Waals surface area contributed by atoms with Gasteiger partial charge in [-0.2, -0.15) is 0 Å². The first-order valence-electron chi connectivity index (χ1n) is 6.29. The Morgan fingerprint density at radius 3 is 2.72 bits per heavy atom. The van der Waals surface area contributed by atoms with Crippen molar-refractivity contribution in [2.45, 2.75) is 44.2 Å². The fraction of sp³-hybridized carbons (Fsp3) is 0.833. The van der Waals surface area contributed by atoms with Crippen LogP contribution in [0.1, 0.15) is 32.6 Å². The molecule has 6 nitrogen and oxygen atoms in total. The minimum Gasteiger partial charge on any atom is -0.479 e. The van der Waals surface area contributed by atoms with Crippen LogP contribution in [0.2, 0.25) is 0 Å². The molecule has 1 heterocycles. The molecule has 0 aromatic heterocycles. The third-order valence-electron chi connectivity index (χ3n) is 3.69. The van der Waals surface area contributed by atoms with E-state index in [1.165, 1.54) is 4.90 Å². The summed E-state index contributed by atoms with van der Waals surface area (Å²) in [4.78, 5) is 25.1. The van der Waals surface area contributed by atoms with Crippen LogP contribution < -0.4 is 5.73 Å². The van der Waals surface area contributed by atoms with Crippen molar-refractivity contribution in [3.63, 3.8) is 0 Å². The van der Waals surface area contributed by atoms with Crippen molar-refractivity contribution in [1.29, 1.82) is 0 Å². The lowest BCUT2D eigenvalue weighted by molar-refractivity contribution is -0.157. The summed E-state index contributed by atoms with van der Waals surface area (Å²) in [6, 6.07) is -0.687. The number of carbonyl (C=O) groups excluding carboxylic acids is 1. The van der Waals surface area contributed by atoms with E-state index in [9.17, 15) is 14.7 Å². The highest BCUT2D eigenvalue weighted by atomic mass is 16.5. The van der Waals surface area contributed by atoms with Crippen LogP contribution in [0.25, 0.3) is 0 Å². The van der Waals surface area contributed by atoms with Gasteiger partial charge in [0.1, 0.15) is 5.54 Å². The van der Waals surface area contributed by atoms with Gasteiger partial charge in [-0.1, -0.05) is 6.92 Å². The largest absolute Gasteiger partial charge is 0.479 e. The van der Waals surface area contributed by atoms with Gasteiger partial charge >= 0.3 is 5.97 Å². The van der Waals surface area contributed by atoms with Crippen molar-refractivity contribution >= 4 is 11.9 Å². The normalized spacial score (nSPS) is 25.2. The van der Waals surface area contributed by atoms with Gasteiger partial charge in [-0.25, -0.2) is 4.79 Å². The number of ether oxygens (including phenoxy) is 1. The number of amides is 1. The third-order valence-corrected chi connectivity index (χ3v) is 3.69. The lowest BCUT2D eigenvalue weighted by atomic mass is 9.92. The number of hydrogen-bond acceptors (Lipinski definition) is 4. The average molecular weight is 258 g/mol. The molecule has 1 aliphatic heterocycles. The summed E-state index contributed by atoms with van der Waals surface area (Å²) in [6.45, 7) is 2.66. The van der Waals surface area contributed by atoms with E-state index in [2.05, 4.69) is 0 Å². The summed E-state index contributed by atoms with van der Waals surface area (Å²) in [7, 11) is 1.54. The Morgan fingerprint density at radius 2 is 2.22 bits per heavy atom. The number of nitrogens with zero attached hydrogens (tertiary/aromatic N) is 1. The number of likely N-dealkylation sites (tertiary alicyclic amines) is 1. The molecular weight excluding hydrogens is 236 g/mol. The summed E-state index contributed by atoms with van der Waals surface area (Å²) in [5.41, 5.74) is 4.73. The monoisotopic (exact) mass is 258 g/mol. The zero-order valence-electron chi connectivity index (χ0n) is 11.0. The Morgan fingerprint density at radius 1 is 1.56 bits per heavy atom. The number of nitrogens with two attached hydrogens (primary N) is 1. The quantitative estimate of drug-likeness (QED) is 0.710. The molecule has 1 aliphatic rings. The van der Waals surface area contributed by atoms with E-state index < -0.39 is 17.6 Å². The van der Waals surface area contributed by atoms with Gasteiger partial charge in [0, 0.05) is 20.3 Å². The van der Waals surface area contributed by atoms with Gasteiger partial charge in [0.2, 0.25) is 5.91 Å². The van der Waals surface area contributed by atoms with Crippen LogP contribution >= 0.6 is 0 Å². The van der Waals surface area contributed by atoms with E-state index >= 15 is 0 Å². The second-order valence-corrected chi connectivity index (χ2v) is 4.67. The Balaban J connectivity index is 2.80. The van der Waals surface area contributed by atoms with Crippen LogP contribution in [0, 0.1) is 0 Å². The molecule has 0 aromatic carbocycles. The van der Waals surface area contributed by atoms with Gasteiger partial charge in [-0.15, -0.1) is 0 Å². The molecule has 1 amide bonds. The first kappa shape index (κ1) is 14.9. The predicted octanol–water partition coefficient (Wildman–Crippen LogP) is 0.206. The lowest BCUT2D eigenvalue weighted by Crippen LogP contribution is -2.57. The highest BCUT2D eigenvalue weighted by molar-refractivity contribution is 5.90. The molecule has 18 heavy (non-hydrogen) atoms. The Kier molecular flexibility index (Phi) is 5.10. The van der Waals surface area contributed by atoms with Crippen molar-refractivity contribution in [2.24, 2.45) is 5.73 Å². The Hall–Kier alpha value is -1.14. The number of carboxylic acids is 1. The van der Waals surface area contributed by atoms with Crippen LogP contribution in [0.4, 0.5) is 0 Å². The van der Waals surface area contributed by atoms with Gasteiger partial charge in [0.05, 0.1) is 6.04 Å². The van der Waals surface area contributed by atoms with E-state index in [0.29, 0.717) is 38.8 Å². The first-order valence-corrected chi connectivity index (χ1v) is 6.29. The second kappa shape index (κ2) is 6.15. The minimum absolute atomic E-state index is 0.284. The van der Waals surface area contributed by atoms with Gasteiger partial charge in [-0.05, 0) is 25.7 Å². The summed E-state index contributed by atoms with van der Waals surface area (Å²) in [6.07, 6.45) is 2.03. The highest BCUT2D eigenvalue weighted by Crippen LogP contribution is 2.33. The Labute approximate surface area is 107 Å². The molecule has 0 spiro atoms. The molecule has 1 rings (SSSR count). The lowest BCUT2D eigenvalue weighted by Gasteiger charge is -2.35. The molecule has 3 N–H and O–H groups in total. The Bertz CT molecular complexity index is 321. The molecule has 2 unspecified atom stereocenters. The number of aliphatic carboxylic acids is 1. The number of methoxy groups -OCH3 is 1. The second-order valence-electron chi connectivity index (χ2n) is 4.67. The molecule has 0 saturated carbocycles. The minimum atomic E-state index is -1.07.